The van der Waals surface area contributed by atoms with Gasteiger partial charge in [0.25, 0.3) is 0 Å². The number of hydrogen-bond donors (Lipinski definition) is 4. The van der Waals surface area contributed by atoms with E-state index < -0.39 is 37.1 Å². The maximum atomic E-state index is 10.4. The predicted octanol–water partition coefficient (Wildman–Crippen LogP) is 1.47. The molecule has 0 amide bonds. The number of benzene rings is 2. The van der Waals surface area contributed by atoms with Crippen molar-refractivity contribution in [2.75, 3.05) is 13.7 Å². The molecule has 1 fully saturated rings. The highest BCUT2D eigenvalue weighted by atomic mass is 32.2. The van der Waals surface area contributed by atoms with E-state index in [-0.39, 0.29) is 0 Å². The third-order valence-corrected chi connectivity index (χ3v) is 6.96. The summed E-state index contributed by atoms with van der Waals surface area (Å²) in [6, 6.07) is 13.9. The summed E-state index contributed by atoms with van der Waals surface area (Å²) in [4.78, 5) is 1.28. The van der Waals surface area contributed by atoms with E-state index in [0.717, 1.165) is 29.7 Å². The summed E-state index contributed by atoms with van der Waals surface area (Å²) in [6.45, 7) is -0.429. The normalized spacial score (nSPS) is 31.5. The monoisotopic (exact) mass is 418 g/mol. The molecule has 4 rings (SSSR count). The van der Waals surface area contributed by atoms with Gasteiger partial charge < -0.3 is 29.9 Å². The topological polar surface area (TPSA) is 99.4 Å². The smallest absolute Gasteiger partial charge is 0.119 e. The van der Waals surface area contributed by atoms with E-state index in [1.807, 2.05) is 42.1 Å². The van der Waals surface area contributed by atoms with Gasteiger partial charge in [-0.3, -0.25) is 0 Å². The summed E-state index contributed by atoms with van der Waals surface area (Å²) in [6.07, 6.45) is -3.88. The van der Waals surface area contributed by atoms with Crippen molar-refractivity contribution >= 4 is 11.8 Å². The van der Waals surface area contributed by atoms with Crippen LogP contribution < -0.4 is 4.74 Å². The molecule has 29 heavy (non-hydrogen) atoms. The Balaban J connectivity index is 1.48. The predicted molar refractivity (Wildman–Crippen MR) is 109 cm³/mol. The molecule has 1 saturated heterocycles. The molecule has 0 radical (unpaired) electrons. The first kappa shape index (κ1) is 20.7. The van der Waals surface area contributed by atoms with Crippen molar-refractivity contribution < 1.29 is 29.9 Å². The molecule has 2 heterocycles. The molecule has 0 saturated carbocycles. The quantitative estimate of drug-likeness (QED) is 0.584. The number of aliphatic hydroxyl groups is 4. The summed E-state index contributed by atoms with van der Waals surface area (Å²) in [5.41, 5.74) is 3.13. The molecule has 7 heteroatoms. The van der Waals surface area contributed by atoms with Crippen molar-refractivity contribution in [1.82, 2.24) is 0 Å². The van der Waals surface area contributed by atoms with Crippen LogP contribution >= 0.6 is 11.8 Å². The zero-order valence-electron chi connectivity index (χ0n) is 16.1. The first-order valence-corrected chi connectivity index (χ1v) is 10.6. The Hall–Kier alpha value is -1.61. The SMILES string of the molecule is COc1ccc2c(c1)CC(Cc1cccc(C3OC(CO)[C@@H](O)C(O)[C@H]3O)c1)S2. The van der Waals surface area contributed by atoms with Crippen molar-refractivity contribution in [3.8, 4) is 5.75 Å². The first-order valence-electron chi connectivity index (χ1n) is 9.73. The van der Waals surface area contributed by atoms with Gasteiger partial charge in [0.15, 0.2) is 0 Å². The molecule has 2 aliphatic rings. The third-order valence-electron chi connectivity index (χ3n) is 5.64. The number of hydrogen-bond acceptors (Lipinski definition) is 7. The average molecular weight is 419 g/mol. The van der Waals surface area contributed by atoms with Crippen LogP contribution in [0, 0.1) is 0 Å². The molecule has 0 bridgehead atoms. The van der Waals surface area contributed by atoms with Crippen molar-refractivity contribution in [2.45, 2.75) is 53.5 Å². The van der Waals surface area contributed by atoms with Crippen LogP contribution in [0.15, 0.2) is 47.4 Å². The van der Waals surface area contributed by atoms with Crippen LogP contribution in [0.1, 0.15) is 22.8 Å². The lowest BCUT2D eigenvalue weighted by Gasteiger charge is -2.40. The van der Waals surface area contributed by atoms with Gasteiger partial charge in [0.05, 0.1) is 13.7 Å². The Bertz CT molecular complexity index is 857. The second kappa shape index (κ2) is 8.63. The Morgan fingerprint density at radius 3 is 2.66 bits per heavy atom. The molecule has 2 aliphatic heterocycles. The number of rotatable bonds is 5. The zero-order chi connectivity index (χ0) is 20.5. The van der Waals surface area contributed by atoms with Crippen LogP contribution in [0.2, 0.25) is 0 Å². The van der Waals surface area contributed by atoms with Crippen LogP contribution in [0.25, 0.3) is 0 Å². The number of thioether (sulfide) groups is 1. The Kier molecular flexibility index (Phi) is 6.15. The zero-order valence-corrected chi connectivity index (χ0v) is 17.0. The Morgan fingerprint density at radius 1 is 1.07 bits per heavy atom. The van der Waals surface area contributed by atoms with Crippen LogP contribution in [0.4, 0.5) is 0 Å². The lowest BCUT2D eigenvalue weighted by Crippen LogP contribution is -2.55. The summed E-state index contributed by atoms with van der Waals surface area (Å²) < 4.78 is 11.0. The minimum Gasteiger partial charge on any atom is -0.497 e. The molecular weight excluding hydrogens is 392 g/mol. The van der Waals surface area contributed by atoms with Crippen molar-refractivity contribution in [3.05, 3.63) is 59.2 Å². The van der Waals surface area contributed by atoms with Gasteiger partial charge in [-0.05, 0) is 47.7 Å². The number of fused-ring (bicyclic) bond motifs is 1. The highest BCUT2D eigenvalue weighted by Gasteiger charge is 2.43. The molecule has 4 unspecified atom stereocenters. The third kappa shape index (κ3) is 4.17. The maximum Gasteiger partial charge on any atom is 0.119 e. The van der Waals surface area contributed by atoms with Crippen LogP contribution in [0.5, 0.6) is 5.75 Å². The molecule has 0 aliphatic carbocycles. The maximum absolute atomic E-state index is 10.4. The Labute approximate surface area is 174 Å². The van der Waals surface area contributed by atoms with Crippen LogP contribution in [0.3, 0.4) is 0 Å². The fourth-order valence-electron chi connectivity index (χ4n) is 4.07. The van der Waals surface area contributed by atoms with Gasteiger partial charge in [-0.2, -0.15) is 0 Å². The van der Waals surface area contributed by atoms with Gasteiger partial charge in [0, 0.05) is 10.1 Å². The van der Waals surface area contributed by atoms with E-state index >= 15 is 0 Å². The molecule has 6 nitrogen and oxygen atoms in total. The molecule has 0 spiro atoms. The van der Waals surface area contributed by atoms with E-state index in [0.29, 0.717) is 5.25 Å². The summed E-state index contributed by atoms with van der Waals surface area (Å²) >= 11 is 1.85. The van der Waals surface area contributed by atoms with E-state index in [2.05, 4.69) is 12.1 Å². The van der Waals surface area contributed by atoms with E-state index in [4.69, 9.17) is 9.47 Å². The molecule has 156 valence electrons. The van der Waals surface area contributed by atoms with Gasteiger partial charge in [-0.25, -0.2) is 0 Å². The van der Waals surface area contributed by atoms with Gasteiger partial charge in [0.1, 0.15) is 36.3 Å². The standard InChI is InChI=1S/C22H26O6S/c1-27-15-5-6-18-14(9-15)10-16(29-18)8-12-3-2-4-13(7-12)22-21(26)20(25)19(24)17(11-23)28-22/h2-7,9,16-17,19-26H,8,10-11H2,1H3/t16?,17?,19-,20?,21-,22?/m1/s1. The van der Waals surface area contributed by atoms with E-state index in [1.165, 1.54) is 10.5 Å². The first-order chi connectivity index (χ1) is 14.0. The minimum atomic E-state index is -1.37. The summed E-state index contributed by atoms with van der Waals surface area (Å²) in [5.74, 6) is 0.870. The van der Waals surface area contributed by atoms with Crippen LogP contribution in [-0.4, -0.2) is 63.8 Å². The second-order valence-electron chi connectivity index (χ2n) is 7.62. The number of ether oxygens (including phenoxy) is 2. The molecule has 4 N–H and O–H groups in total. The summed E-state index contributed by atoms with van der Waals surface area (Å²) in [7, 11) is 1.67. The second-order valence-corrected chi connectivity index (χ2v) is 8.96. The largest absolute Gasteiger partial charge is 0.497 e. The molecule has 2 aromatic carbocycles. The van der Waals surface area contributed by atoms with Gasteiger partial charge >= 0.3 is 0 Å². The lowest BCUT2D eigenvalue weighted by atomic mass is 9.90. The molecule has 2 aromatic rings. The van der Waals surface area contributed by atoms with Crippen molar-refractivity contribution in [1.29, 1.82) is 0 Å². The van der Waals surface area contributed by atoms with Gasteiger partial charge in [-0.15, -0.1) is 11.8 Å². The Morgan fingerprint density at radius 2 is 1.90 bits per heavy atom. The van der Waals surface area contributed by atoms with Crippen LogP contribution in [-0.2, 0) is 17.6 Å². The minimum absolute atomic E-state index is 0.405. The van der Waals surface area contributed by atoms with Gasteiger partial charge in [0.2, 0.25) is 0 Å². The van der Waals surface area contributed by atoms with E-state index in [1.54, 1.807) is 7.11 Å². The van der Waals surface area contributed by atoms with E-state index in [9.17, 15) is 20.4 Å². The number of aliphatic hydroxyl groups excluding tert-OH is 4. The number of methoxy groups -OCH3 is 1. The lowest BCUT2D eigenvalue weighted by molar-refractivity contribution is -0.231. The highest BCUT2D eigenvalue weighted by Crippen LogP contribution is 2.40. The highest BCUT2D eigenvalue weighted by molar-refractivity contribution is 8.00. The molecule has 0 aromatic heterocycles. The van der Waals surface area contributed by atoms with Gasteiger partial charge in [-0.1, -0.05) is 24.3 Å². The molecular formula is C22H26O6S. The van der Waals surface area contributed by atoms with Crippen molar-refractivity contribution in [2.24, 2.45) is 0 Å². The summed E-state index contributed by atoms with van der Waals surface area (Å²) in [5, 5.41) is 40.2. The van der Waals surface area contributed by atoms with Crippen molar-refractivity contribution in [3.63, 3.8) is 0 Å². The molecule has 6 atom stereocenters. The fraction of sp³-hybridized carbons (Fsp3) is 0.455. The average Bonchev–Trinajstić information content (AvgIpc) is 3.13. The fourth-order valence-corrected chi connectivity index (χ4v) is 5.41.